The van der Waals surface area contributed by atoms with Crippen LogP contribution in [0.15, 0.2) is 30.5 Å². The van der Waals surface area contributed by atoms with E-state index >= 15 is 0 Å². The second-order valence-corrected chi connectivity index (χ2v) is 6.62. The number of aromatic nitrogens is 1. The highest BCUT2D eigenvalue weighted by molar-refractivity contribution is 7.15. The molecule has 0 aliphatic carbocycles. The van der Waals surface area contributed by atoms with Gasteiger partial charge < -0.3 is 20.1 Å². The number of carbonyl (C=O) groups is 1. The monoisotopic (exact) mass is 383 g/mol. The summed E-state index contributed by atoms with van der Waals surface area (Å²) in [6, 6.07) is 7.78. The molecule has 1 saturated heterocycles. The Labute approximate surface area is 157 Å². The minimum absolute atomic E-state index is 0. The first-order valence-corrected chi connectivity index (χ1v) is 8.75. The van der Waals surface area contributed by atoms with Gasteiger partial charge in [0.05, 0.1) is 38.3 Å². The van der Waals surface area contributed by atoms with Gasteiger partial charge in [0.25, 0.3) is 0 Å². The second kappa shape index (κ2) is 9.72. The van der Waals surface area contributed by atoms with Crippen LogP contribution in [0.4, 0.5) is 0 Å². The Bertz CT molecular complexity index is 689. The fourth-order valence-electron chi connectivity index (χ4n) is 2.55. The number of hydrogen-bond donors (Lipinski definition) is 2. The van der Waals surface area contributed by atoms with Gasteiger partial charge in [-0.05, 0) is 12.1 Å². The van der Waals surface area contributed by atoms with Crippen LogP contribution >= 0.6 is 23.7 Å². The first kappa shape index (κ1) is 19.7. The summed E-state index contributed by atoms with van der Waals surface area (Å²) >= 11 is 1.55. The molecule has 3 rings (SSSR count). The van der Waals surface area contributed by atoms with Crippen molar-refractivity contribution in [1.82, 2.24) is 15.6 Å². The molecule has 1 aromatic heterocycles. The Kier molecular flexibility index (Phi) is 7.64. The van der Waals surface area contributed by atoms with Gasteiger partial charge in [0.1, 0.15) is 10.8 Å². The predicted molar refractivity (Wildman–Crippen MR) is 100 cm³/mol. The quantitative estimate of drug-likeness (QED) is 0.800. The van der Waals surface area contributed by atoms with Crippen LogP contribution < -0.4 is 15.4 Å². The summed E-state index contributed by atoms with van der Waals surface area (Å²) in [4.78, 5) is 17.5. The maximum Gasteiger partial charge on any atom is 0.222 e. The second-order valence-electron chi connectivity index (χ2n) is 5.51. The smallest absolute Gasteiger partial charge is 0.222 e. The van der Waals surface area contributed by atoms with E-state index in [2.05, 4.69) is 15.6 Å². The van der Waals surface area contributed by atoms with Gasteiger partial charge in [0, 0.05) is 24.2 Å². The molecular formula is C17H22ClN3O3S. The largest absolute Gasteiger partial charge is 0.496 e. The molecule has 6 nitrogen and oxygen atoms in total. The molecule has 0 spiro atoms. The summed E-state index contributed by atoms with van der Waals surface area (Å²) in [6.07, 6.45) is 2.14. The van der Waals surface area contributed by atoms with Gasteiger partial charge in [-0.15, -0.1) is 23.7 Å². The van der Waals surface area contributed by atoms with Gasteiger partial charge in [-0.3, -0.25) is 4.79 Å². The van der Waals surface area contributed by atoms with Crippen LogP contribution in [0.1, 0.15) is 11.3 Å². The van der Waals surface area contributed by atoms with Crippen molar-refractivity contribution in [2.24, 2.45) is 0 Å². The number of ether oxygens (including phenoxy) is 2. The van der Waals surface area contributed by atoms with Crippen molar-refractivity contribution in [3.05, 3.63) is 35.3 Å². The fraction of sp³-hybridized carbons (Fsp3) is 0.412. The van der Waals surface area contributed by atoms with Crippen LogP contribution in [0.5, 0.6) is 5.75 Å². The van der Waals surface area contributed by atoms with Crippen LogP contribution in [-0.2, 0) is 16.1 Å². The molecule has 25 heavy (non-hydrogen) atoms. The predicted octanol–water partition coefficient (Wildman–Crippen LogP) is 2.24. The lowest BCUT2D eigenvalue weighted by atomic mass is 10.2. The molecule has 1 aliphatic rings. The number of halogens is 1. The van der Waals surface area contributed by atoms with Crippen molar-refractivity contribution < 1.29 is 14.3 Å². The van der Waals surface area contributed by atoms with E-state index in [1.165, 1.54) is 0 Å². The van der Waals surface area contributed by atoms with E-state index in [-0.39, 0.29) is 24.4 Å². The lowest BCUT2D eigenvalue weighted by Crippen LogP contribution is -2.41. The normalized spacial score (nSPS) is 16.8. The first-order valence-electron chi connectivity index (χ1n) is 7.93. The van der Waals surface area contributed by atoms with Gasteiger partial charge >= 0.3 is 0 Å². The summed E-state index contributed by atoms with van der Waals surface area (Å²) in [5.74, 6) is 0.792. The number of morpholine rings is 1. The number of benzene rings is 1. The van der Waals surface area contributed by atoms with E-state index in [9.17, 15) is 4.79 Å². The summed E-state index contributed by atoms with van der Waals surface area (Å²) < 4.78 is 10.9. The Morgan fingerprint density at radius 1 is 1.48 bits per heavy atom. The number of amides is 1. The van der Waals surface area contributed by atoms with Gasteiger partial charge in [0.2, 0.25) is 5.91 Å². The molecule has 2 aromatic rings. The molecule has 1 atom stereocenters. The highest BCUT2D eigenvalue weighted by Gasteiger charge is 2.17. The number of nitrogens with one attached hydrogen (secondary N) is 2. The van der Waals surface area contributed by atoms with Crippen LogP contribution in [0.25, 0.3) is 10.6 Å². The third-order valence-corrected chi connectivity index (χ3v) is 4.80. The van der Waals surface area contributed by atoms with Crippen LogP contribution in [0.3, 0.4) is 0 Å². The van der Waals surface area contributed by atoms with E-state index in [1.54, 1.807) is 24.6 Å². The molecule has 8 heteroatoms. The number of carbonyl (C=O) groups excluding carboxylic acids is 1. The van der Waals surface area contributed by atoms with E-state index in [0.29, 0.717) is 19.6 Å². The average Bonchev–Trinajstić information content (AvgIpc) is 3.09. The molecule has 1 fully saturated rings. The third-order valence-electron chi connectivity index (χ3n) is 3.77. The Morgan fingerprint density at radius 2 is 2.32 bits per heavy atom. The highest BCUT2D eigenvalue weighted by Crippen LogP contribution is 2.32. The van der Waals surface area contributed by atoms with Gasteiger partial charge in [-0.25, -0.2) is 4.98 Å². The van der Waals surface area contributed by atoms with Gasteiger partial charge in [0.15, 0.2) is 0 Å². The fourth-order valence-corrected chi connectivity index (χ4v) is 3.43. The summed E-state index contributed by atoms with van der Waals surface area (Å²) in [6.45, 7) is 2.72. The average molecular weight is 384 g/mol. The zero-order chi connectivity index (χ0) is 16.8. The van der Waals surface area contributed by atoms with E-state index in [4.69, 9.17) is 9.47 Å². The van der Waals surface area contributed by atoms with Gasteiger partial charge in [-0.2, -0.15) is 0 Å². The maximum absolute atomic E-state index is 12.0. The minimum Gasteiger partial charge on any atom is -0.496 e. The summed E-state index contributed by atoms with van der Waals surface area (Å²) in [7, 11) is 1.65. The van der Waals surface area contributed by atoms with E-state index < -0.39 is 0 Å². The number of thiazole rings is 1. The van der Waals surface area contributed by atoms with Crippen molar-refractivity contribution >= 4 is 29.7 Å². The molecule has 1 aromatic carbocycles. The number of rotatable bonds is 6. The van der Waals surface area contributed by atoms with Crippen molar-refractivity contribution in [3.63, 3.8) is 0 Å². The molecule has 1 amide bonds. The van der Waals surface area contributed by atoms with Crippen molar-refractivity contribution in [2.45, 2.75) is 19.1 Å². The Morgan fingerprint density at radius 3 is 3.08 bits per heavy atom. The Hall–Kier alpha value is -1.67. The Balaban J connectivity index is 0.00000225. The molecule has 2 heterocycles. The number of methoxy groups -OCH3 is 1. The van der Waals surface area contributed by atoms with Crippen LogP contribution in [0.2, 0.25) is 0 Å². The molecule has 0 saturated carbocycles. The molecule has 136 valence electrons. The first-order chi connectivity index (χ1) is 11.8. The molecule has 2 N–H and O–H groups in total. The van der Waals surface area contributed by atoms with E-state index in [1.807, 2.05) is 24.3 Å². The highest BCUT2D eigenvalue weighted by atomic mass is 35.5. The van der Waals surface area contributed by atoms with Crippen molar-refractivity contribution in [2.75, 3.05) is 26.8 Å². The molecular weight excluding hydrogens is 362 g/mol. The summed E-state index contributed by atoms with van der Waals surface area (Å²) in [5.41, 5.74) is 0.962. The van der Waals surface area contributed by atoms with E-state index in [0.717, 1.165) is 34.3 Å². The topological polar surface area (TPSA) is 72.5 Å². The van der Waals surface area contributed by atoms with Crippen LogP contribution in [-0.4, -0.2) is 43.8 Å². The minimum atomic E-state index is -0.0376. The number of hydrogen-bond acceptors (Lipinski definition) is 6. The third kappa shape index (κ3) is 5.40. The lowest BCUT2D eigenvalue weighted by Gasteiger charge is -2.22. The SMILES string of the molecule is COc1ccccc1-c1ncc(CNC(=O)CC2CNCCO2)s1.Cl. The standard InChI is InChI=1S/C17H21N3O3S.ClH/c1-22-15-5-3-2-4-14(15)17-20-11-13(24-17)10-19-16(21)8-12-9-18-6-7-23-12;/h2-5,11-12,18H,6-10H2,1H3,(H,19,21);1H. The van der Waals surface area contributed by atoms with Crippen LogP contribution in [0, 0.1) is 0 Å². The van der Waals surface area contributed by atoms with Crippen molar-refractivity contribution in [3.8, 4) is 16.3 Å². The maximum atomic E-state index is 12.0. The van der Waals surface area contributed by atoms with Gasteiger partial charge in [-0.1, -0.05) is 12.1 Å². The zero-order valence-corrected chi connectivity index (χ0v) is 15.6. The van der Waals surface area contributed by atoms with Crippen molar-refractivity contribution in [1.29, 1.82) is 0 Å². The summed E-state index contributed by atoms with van der Waals surface area (Å²) in [5, 5.41) is 7.04. The zero-order valence-electron chi connectivity index (χ0n) is 14.0. The molecule has 0 radical (unpaired) electrons. The number of para-hydroxylation sites is 1. The molecule has 0 bridgehead atoms. The molecule has 1 aliphatic heterocycles. The lowest BCUT2D eigenvalue weighted by molar-refractivity contribution is -0.124. The molecule has 1 unspecified atom stereocenters. The number of nitrogens with zero attached hydrogens (tertiary/aromatic N) is 1.